The van der Waals surface area contributed by atoms with Crippen LogP contribution in [0.15, 0.2) is 72.3 Å². The molecule has 0 aliphatic carbocycles. The lowest BCUT2D eigenvalue weighted by molar-refractivity contribution is -0.132. The normalized spacial score (nSPS) is 17.1. The van der Waals surface area contributed by atoms with E-state index in [0.29, 0.717) is 32.5 Å². The number of aliphatic hydroxyl groups excluding tert-OH is 1. The molecule has 1 unspecified atom stereocenters. The number of anilines is 2. The van der Waals surface area contributed by atoms with E-state index in [0.717, 1.165) is 10.4 Å². The number of Topliss-reactive ketones (excluding diaryl/α,β-unsaturated/α-hetero) is 1. The summed E-state index contributed by atoms with van der Waals surface area (Å²) in [6.45, 7) is 0. The predicted molar refractivity (Wildman–Crippen MR) is 143 cm³/mol. The van der Waals surface area contributed by atoms with Crippen LogP contribution >= 0.6 is 22.9 Å². The van der Waals surface area contributed by atoms with Gasteiger partial charge in [-0.05, 0) is 60.2 Å². The number of hydrogen-bond acceptors (Lipinski definition) is 7. The molecular formula is C27H22ClN3O4S. The molecule has 1 aliphatic rings. The van der Waals surface area contributed by atoms with Crippen LogP contribution in [0.3, 0.4) is 0 Å². The van der Waals surface area contributed by atoms with E-state index in [2.05, 4.69) is 4.98 Å². The second kappa shape index (κ2) is 9.29. The van der Waals surface area contributed by atoms with Crippen LogP contribution in [0, 0.1) is 0 Å². The van der Waals surface area contributed by atoms with Crippen molar-refractivity contribution in [3.8, 4) is 5.75 Å². The van der Waals surface area contributed by atoms with Crippen LogP contribution in [0.1, 0.15) is 17.2 Å². The van der Waals surface area contributed by atoms with Crippen molar-refractivity contribution in [3.05, 3.63) is 88.5 Å². The molecule has 1 N–H and O–H groups in total. The fourth-order valence-corrected chi connectivity index (χ4v) is 5.33. The van der Waals surface area contributed by atoms with Crippen molar-refractivity contribution < 1.29 is 19.4 Å². The smallest absolute Gasteiger partial charge is 0.301 e. The maximum absolute atomic E-state index is 13.4. The summed E-state index contributed by atoms with van der Waals surface area (Å²) in [6.07, 6.45) is 0. The maximum atomic E-state index is 13.4. The molecule has 2 heterocycles. The number of carbonyl (C=O) groups is 2. The molecule has 0 bridgehead atoms. The van der Waals surface area contributed by atoms with Gasteiger partial charge in [-0.1, -0.05) is 35.1 Å². The van der Waals surface area contributed by atoms with Crippen molar-refractivity contribution in [3.63, 3.8) is 0 Å². The minimum atomic E-state index is -0.862. The van der Waals surface area contributed by atoms with Gasteiger partial charge in [-0.15, -0.1) is 0 Å². The van der Waals surface area contributed by atoms with Crippen molar-refractivity contribution in [1.82, 2.24) is 4.98 Å². The number of benzene rings is 3. The number of thiazole rings is 1. The molecule has 1 aliphatic heterocycles. The summed E-state index contributed by atoms with van der Waals surface area (Å²) >= 11 is 7.29. The van der Waals surface area contributed by atoms with Crippen molar-refractivity contribution in [1.29, 1.82) is 0 Å². The van der Waals surface area contributed by atoms with Gasteiger partial charge in [0.25, 0.3) is 5.78 Å². The first-order valence-electron chi connectivity index (χ1n) is 11.1. The number of amides is 1. The minimum absolute atomic E-state index is 0.00300. The van der Waals surface area contributed by atoms with Gasteiger partial charge in [0.15, 0.2) is 5.13 Å². The number of nitrogens with zero attached hydrogens (tertiary/aromatic N) is 3. The number of aliphatic hydroxyl groups is 1. The van der Waals surface area contributed by atoms with Crippen LogP contribution in [-0.4, -0.2) is 43.0 Å². The predicted octanol–water partition coefficient (Wildman–Crippen LogP) is 5.65. The Morgan fingerprint density at radius 2 is 1.75 bits per heavy atom. The zero-order chi connectivity index (χ0) is 25.6. The van der Waals surface area contributed by atoms with E-state index >= 15 is 0 Å². The monoisotopic (exact) mass is 519 g/mol. The lowest BCUT2D eigenvalue weighted by Gasteiger charge is -2.23. The molecular weight excluding hydrogens is 498 g/mol. The van der Waals surface area contributed by atoms with Crippen LogP contribution in [0.5, 0.6) is 5.75 Å². The molecule has 1 atom stereocenters. The summed E-state index contributed by atoms with van der Waals surface area (Å²) in [6, 6.07) is 18.5. The molecule has 0 saturated carbocycles. The average Bonchev–Trinajstić information content (AvgIpc) is 3.41. The molecule has 1 amide bonds. The number of methoxy groups -OCH3 is 1. The van der Waals surface area contributed by atoms with E-state index in [1.54, 1.807) is 43.5 Å². The van der Waals surface area contributed by atoms with Gasteiger partial charge >= 0.3 is 5.91 Å². The number of hydrogen-bond donors (Lipinski definition) is 1. The highest BCUT2D eigenvalue weighted by Crippen LogP contribution is 2.45. The van der Waals surface area contributed by atoms with Gasteiger partial charge < -0.3 is 14.7 Å². The zero-order valence-electron chi connectivity index (χ0n) is 19.7. The van der Waals surface area contributed by atoms with Crippen LogP contribution in [0.25, 0.3) is 16.0 Å². The van der Waals surface area contributed by atoms with Gasteiger partial charge in [0.2, 0.25) is 0 Å². The van der Waals surface area contributed by atoms with Gasteiger partial charge in [0.1, 0.15) is 11.5 Å². The largest absolute Gasteiger partial charge is 0.507 e. The van der Waals surface area contributed by atoms with Crippen LogP contribution in [-0.2, 0) is 9.59 Å². The van der Waals surface area contributed by atoms with Crippen LogP contribution < -0.4 is 14.5 Å². The Balaban J connectivity index is 1.70. The minimum Gasteiger partial charge on any atom is -0.507 e. The molecule has 1 saturated heterocycles. The van der Waals surface area contributed by atoms with Crippen molar-refractivity contribution >= 4 is 61.4 Å². The Morgan fingerprint density at radius 1 is 1.06 bits per heavy atom. The second-order valence-electron chi connectivity index (χ2n) is 8.49. The zero-order valence-corrected chi connectivity index (χ0v) is 21.3. The first-order chi connectivity index (χ1) is 17.3. The third kappa shape index (κ3) is 4.08. The standard InChI is InChI=1S/C27H22ClN3O4S/c1-30(2)18-10-6-15(7-11-18)23-22(24(32)16-4-8-17(28)9-5-16)25(33)26(34)31(23)27-29-20-13-12-19(35-3)14-21(20)36-27/h4-14,23,32H,1-3H3. The van der Waals surface area contributed by atoms with Gasteiger partial charge in [-0.2, -0.15) is 0 Å². The molecule has 0 spiro atoms. The number of rotatable bonds is 5. The Bertz CT molecular complexity index is 1510. The van der Waals surface area contributed by atoms with Crippen molar-refractivity contribution in [2.24, 2.45) is 0 Å². The Kier molecular flexibility index (Phi) is 6.15. The fraction of sp³-hybridized carbons (Fsp3) is 0.148. The van der Waals surface area contributed by atoms with Crippen molar-refractivity contribution in [2.75, 3.05) is 31.0 Å². The van der Waals surface area contributed by atoms with E-state index in [9.17, 15) is 14.7 Å². The van der Waals surface area contributed by atoms with Crippen LogP contribution in [0.2, 0.25) is 5.02 Å². The molecule has 3 aromatic carbocycles. The molecule has 36 heavy (non-hydrogen) atoms. The topological polar surface area (TPSA) is 83.0 Å². The van der Waals surface area contributed by atoms with Gasteiger partial charge in [-0.25, -0.2) is 4.98 Å². The molecule has 4 aromatic rings. The summed E-state index contributed by atoms with van der Waals surface area (Å²) in [7, 11) is 5.43. The molecule has 182 valence electrons. The Hall–Kier alpha value is -3.88. The lowest BCUT2D eigenvalue weighted by atomic mass is 9.95. The summed E-state index contributed by atoms with van der Waals surface area (Å²) in [5.74, 6) is -1.13. The van der Waals surface area contributed by atoms with E-state index < -0.39 is 17.7 Å². The highest BCUT2D eigenvalue weighted by atomic mass is 35.5. The van der Waals surface area contributed by atoms with Gasteiger partial charge in [-0.3, -0.25) is 14.5 Å². The summed E-state index contributed by atoms with van der Waals surface area (Å²) in [5.41, 5.74) is 2.70. The number of halogens is 1. The Morgan fingerprint density at radius 3 is 2.39 bits per heavy atom. The first kappa shape index (κ1) is 23.8. The van der Waals surface area contributed by atoms with Crippen LogP contribution in [0.4, 0.5) is 10.8 Å². The quantitative estimate of drug-likeness (QED) is 0.208. The highest BCUT2D eigenvalue weighted by molar-refractivity contribution is 7.22. The number of carbonyl (C=O) groups excluding carboxylic acids is 2. The van der Waals surface area contributed by atoms with E-state index in [4.69, 9.17) is 16.3 Å². The number of ether oxygens (including phenoxy) is 1. The second-order valence-corrected chi connectivity index (χ2v) is 9.94. The molecule has 7 nitrogen and oxygen atoms in total. The number of aromatic nitrogens is 1. The SMILES string of the molecule is COc1ccc2nc(N3C(=O)C(=O)C(=C(O)c4ccc(Cl)cc4)C3c3ccc(N(C)C)cc3)sc2c1. The lowest BCUT2D eigenvalue weighted by Crippen LogP contribution is -2.29. The summed E-state index contributed by atoms with van der Waals surface area (Å²) in [5, 5.41) is 12.1. The molecule has 0 radical (unpaired) electrons. The third-order valence-corrected chi connectivity index (χ3v) is 7.35. The molecule has 1 aromatic heterocycles. The number of ketones is 1. The van der Waals surface area contributed by atoms with E-state index in [-0.39, 0.29) is 11.3 Å². The van der Waals surface area contributed by atoms with Gasteiger partial charge in [0.05, 0.1) is 28.9 Å². The van der Waals surface area contributed by atoms with E-state index in [1.807, 2.05) is 49.3 Å². The number of fused-ring (bicyclic) bond motifs is 1. The maximum Gasteiger partial charge on any atom is 0.301 e. The molecule has 9 heteroatoms. The first-order valence-corrected chi connectivity index (χ1v) is 12.3. The highest BCUT2D eigenvalue weighted by Gasteiger charge is 2.48. The molecule has 1 fully saturated rings. The van der Waals surface area contributed by atoms with Gasteiger partial charge in [0, 0.05) is 30.4 Å². The fourth-order valence-electron chi connectivity index (χ4n) is 4.19. The summed E-state index contributed by atoms with van der Waals surface area (Å²) in [4.78, 5) is 34.7. The summed E-state index contributed by atoms with van der Waals surface area (Å²) < 4.78 is 6.12. The average molecular weight is 520 g/mol. The Labute approximate surface area is 216 Å². The van der Waals surface area contributed by atoms with Crippen molar-refractivity contribution in [2.45, 2.75) is 6.04 Å². The molecule has 5 rings (SSSR count). The van der Waals surface area contributed by atoms with E-state index in [1.165, 1.54) is 16.2 Å². The third-order valence-electron chi connectivity index (χ3n) is 6.08.